The molecular weight excluding hydrogens is 543 g/mol. The second kappa shape index (κ2) is 12.3. The van der Waals surface area contributed by atoms with E-state index in [4.69, 9.17) is 4.74 Å². The molecule has 0 aliphatic carbocycles. The van der Waals surface area contributed by atoms with Gasteiger partial charge < -0.3 is 39.6 Å². The number of hydrogen-bond acceptors (Lipinski definition) is 8. The first-order chi connectivity index (χ1) is 18.9. The number of ether oxygens (including phenoxy) is 1. The van der Waals surface area contributed by atoms with E-state index >= 15 is 0 Å². The molecule has 0 saturated carbocycles. The zero-order valence-corrected chi connectivity index (χ0v) is 23.1. The normalized spacial score (nSPS) is 20.4. The molecule has 2 saturated heterocycles. The molecule has 4 N–H and O–H groups in total. The molecule has 2 aliphatic rings. The van der Waals surface area contributed by atoms with Crippen molar-refractivity contribution in [2.45, 2.75) is 31.5 Å². The van der Waals surface area contributed by atoms with Crippen LogP contribution in [-0.2, 0) is 14.1 Å². The zero-order valence-electron chi connectivity index (χ0n) is 22.2. The summed E-state index contributed by atoms with van der Waals surface area (Å²) in [5, 5.41) is 11.8. The fourth-order valence-corrected chi connectivity index (χ4v) is 5.60. The number of benzene rings is 1. The summed E-state index contributed by atoms with van der Waals surface area (Å²) in [5.74, 6) is -0.753. The van der Waals surface area contributed by atoms with E-state index in [0.717, 1.165) is 6.42 Å². The lowest BCUT2D eigenvalue weighted by Crippen LogP contribution is -2.59. The summed E-state index contributed by atoms with van der Waals surface area (Å²) >= 11 is 0. The van der Waals surface area contributed by atoms with Crippen molar-refractivity contribution in [3.63, 3.8) is 0 Å². The molecule has 3 heterocycles. The Balaban J connectivity index is 1.61. The molecule has 3 amide bonds. The fourth-order valence-electron chi connectivity index (χ4n) is 4.88. The van der Waals surface area contributed by atoms with Gasteiger partial charge in [0.25, 0.3) is 5.91 Å². The largest absolute Gasteiger partial charge is 0.465 e. The number of hydrogen-bond donors (Lipinski definition) is 4. The Morgan fingerprint density at radius 1 is 1.12 bits per heavy atom. The van der Waals surface area contributed by atoms with Crippen LogP contribution < -0.4 is 10.2 Å². The average Bonchev–Trinajstić information content (AvgIpc) is 3.41. The van der Waals surface area contributed by atoms with Crippen LogP contribution in [0.25, 0.3) is 11.4 Å². The van der Waals surface area contributed by atoms with Crippen LogP contribution in [0.3, 0.4) is 0 Å². The third kappa shape index (κ3) is 7.13. The maximum absolute atomic E-state index is 13.5. The lowest BCUT2D eigenvalue weighted by Gasteiger charge is -2.39. The van der Waals surface area contributed by atoms with Gasteiger partial charge in [0.05, 0.1) is 12.3 Å². The first kappa shape index (κ1) is 29.4. The smallest absolute Gasteiger partial charge is 0.407 e. The van der Waals surface area contributed by atoms with Gasteiger partial charge in [0, 0.05) is 57.5 Å². The highest BCUT2D eigenvalue weighted by molar-refractivity contribution is 7.51. The number of nitrogens with one attached hydrogen (secondary N) is 1. The number of rotatable bonds is 8. The summed E-state index contributed by atoms with van der Waals surface area (Å²) in [6.07, 6.45) is -1.27. The molecule has 0 radical (unpaired) electrons. The van der Waals surface area contributed by atoms with E-state index in [1.54, 1.807) is 26.2 Å². The summed E-state index contributed by atoms with van der Waals surface area (Å²) in [6, 6.07) is 8.42. The van der Waals surface area contributed by atoms with E-state index in [0.29, 0.717) is 24.5 Å². The van der Waals surface area contributed by atoms with E-state index in [-0.39, 0.29) is 37.3 Å². The third-order valence-corrected chi connectivity index (χ3v) is 7.83. The second-order valence-corrected chi connectivity index (χ2v) is 11.6. The average molecular weight is 577 g/mol. The Bertz CT molecular complexity index is 1290. The molecule has 2 aromatic rings. The van der Waals surface area contributed by atoms with E-state index in [1.165, 1.54) is 15.9 Å². The number of carboxylic acid groups (broad SMARTS) is 1. The first-order valence-corrected chi connectivity index (χ1v) is 14.6. The summed E-state index contributed by atoms with van der Waals surface area (Å²) in [4.78, 5) is 71.0. The molecule has 4 rings (SSSR count). The van der Waals surface area contributed by atoms with Crippen molar-refractivity contribution in [3.8, 4) is 11.4 Å². The molecule has 2 aliphatic heterocycles. The van der Waals surface area contributed by atoms with Gasteiger partial charge in [-0.25, -0.2) is 14.8 Å². The highest BCUT2D eigenvalue weighted by Gasteiger charge is 2.37. The fraction of sp³-hybridized carbons (Fsp3) is 0.480. The molecule has 1 unspecified atom stereocenters. The van der Waals surface area contributed by atoms with Crippen LogP contribution >= 0.6 is 7.60 Å². The molecular formula is C25H33N6O8P. The number of aromatic nitrogens is 2. The van der Waals surface area contributed by atoms with Crippen LogP contribution in [0.15, 0.2) is 36.4 Å². The number of nitrogens with zero attached hydrogens (tertiary/aromatic N) is 5. The molecule has 1 aromatic carbocycles. The highest BCUT2D eigenvalue weighted by Crippen LogP contribution is 2.35. The van der Waals surface area contributed by atoms with Crippen molar-refractivity contribution in [1.82, 2.24) is 25.1 Å². The predicted octanol–water partition coefficient (Wildman–Crippen LogP) is 0.856. The zero-order chi connectivity index (χ0) is 29.0. The van der Waals surface area contributed by atoms with E-state index in [1.807, 2.05) is 23.1 Å². The van der Waals surface area contributed by atoms with Gasteiger partial charge in [-0.1, -0.05) is 30.3 Å². The van der Waals surface area contributed by atoms with Gasteiger partial charge in [0.2, 0.25) is 5.91 Å². The molecule has 216 valence electrons. The van der Waals surface area contributed by atoms with Crippen LogP contribution in [0.2, 0.25) is 0 Å². The van der Waals surface area contributed by atoms with E-state index < -0.39 is 43.7 Å². The Hall–Kier alpha value is -3.58. The first-order valence-electron chi connectivity index (χ1n) is 12.8. The Morgan fingerprint density at radius 3 is 2.45 bits per heavy atom. The minimum absolute atomic E-state index is 0.00153. The molecule has 0 bridgehead atoms. The van der Waals surface area contributed by atoms with Gasteiger partial charge in [-0.2, -0.15) is 0 Å². The standard InChI is InChI=1S/C25H33N6O8P/c1-16-13-30(10-11-31(16)25(34)35)24(33)20(15-40(36,37)38)27-23(32)19-12-21(29-9-8-18(14-29)39-2)28-22(26-19)17-6-4-3-5-7-17/h3-7,12,16,18,20H,8-11,13-15H2,1-2H3,(H,27,32)(H,34,35)(H2,36,37,38)/t16?,18-,20-/m0/s1. The molecule has 15 heteroatoms. The van der Waals surface area contributed by atoms with Crippen molar-refractivity contribution in [2.24, 2.45) is 0 Å². The molecule has 14 nitrogen and oxygen atoms in total. The summed E-state index contributed by atoms with van der Waals surface area (Å²) in [7, 11) is -3.11. The molecule has 40 heavy (non-hydrogen) atoms. The van der Waals surface area contributed by atoms with Gasteiger partial charge in [0.1, 0.15) is 17.6 Å². The quantitative estimate of drug-likeness (QED) is 0.327. The summed E-state index contributed by atoms with van der Waals surface area (Å²) in [6.45, 7) is 2.91. The third-order valence-electron chi connectivity index (χ3n) is 6.99. The van der Waals surface area contributed by atoms with Crippen molar-refractivity contribution in [3.05, 3.63) is 42.1 Å². The SMILES string of the molecule is CO[C@H]1CCN(c2cc(C(=O)N[C@@H](CP(=O)(O)O)C(=O)N3CCN(C(=O)O)C(C)C3)nc(-c3ccccc3)n2)C1. The number of piperazine rings is 1. The molecule has 0 spiro atoms. The van der Waals surface area contributed by atoms with Crippen LogP contribution in [-0.4, -0.2) is 117 Å². The van der Waals surface area contributed by atoms with Crippen molar-refractivity contribution in [2.75, 3.05) is 50.9 Å². The second-order valence-electron chi connectivity index (χ2n) is 9.88. The van der Waals surface area contributed by atoms with E-state index in [9.17, 15) is 33.8 Å². The topological polar surface area (TPSA) is 186 Å². The number of methoxy groups -OCH3 is 1. The van der Waals surface area contributed by atoms with Crippen LogP contribution in [0.4, 0.5) is 10.6 Å². The van der Waals surface area contributed by atoms with Gasteiger partial charge in [-0.05, 0) is 13.3 Å². The van der Waals surface area contributed by atoms with Crippen molar-refractivity contribution in [1.29, 1.82) is 0 Å². The lowest BCUT2D eigenvalue weighted by molar-refractivity contribution is -0.135. The molecule has 2 fully saturated rings. The lowest BCUT2D eigenvalue weighted by atomic mass is 10.1. The Morgan fingerprint density at radius 2 is 1.85 bits per heavy atom. The number of anilines is 1. The summed E-state index contributed by atoms with van der Waals surface area (Å²) in [5.41, 5.74) is 0.589. The molecule has 1 aromatic heterocycles. The maximum atomic E-state index is 13.5. The number of amides is 3. The Labute approximate surface area is 231 Å². The van der Waals surface area contributed by atoms with Crippen molar-refractivity contribution < 1.29 is 38.6 Å². The van der Waals surface area contributed by atoms with E-state index in [2.05, 4.69) is 15.3 Å². The maximum Gasteiger partial charge on any atom is 0.407 e. The number of carbonyl (C=O) groups is 3. The van der Waals surface area contributed by atoms with Gasteiger partial charge >= 0.3 is 13.7 Å². The molecule has 3 atom stereocenters. The minimum atomic E-state index is -4.73. The van der Waals surface area contributed by atoms with Crippen LogP contribution in [0, 0.1) is 0 Å². The Kier molecular flexibility index (Phi) is 9.04. The minimum Gasteiger partial charge on any atom is -0.465 e. The van der Waals surface area contributed by atoms with Gasteiger partial charge in [-0.15, -0.1) is 0 Å². The van der Waals surface area contributed by atoms with Crippen molar-refractivity contribution >= 4 is 31.3 Å². The predicted molar refractivity (Wildman–Crippen MR) is 144 cm³/mol. The number of carbonyl (C=O) groups excluding carboxylic acids is 2. The van der Waals surface area contributed by atoms with Gasteiger partial charge in [-0.3, -0.25) is 14.2 Å². The van der Waals surface area contributed by atoms with Gasteiger partial charge in [0.15, 0.2) is 5.82 Å². The van der Waals surface area contributed by atoms with Crippen LogP contribution in [0.1, 0.15) is 23.8 Å². The summed E-state index contributed by atoms with van der Waals surface area (Å²) < 4.78 is 17.4. The van der Waals surface area contributed by atoms with Crippen LogP contribution in [0.5, 0.6) is 0 Å². The monoisotopic (exact) mass is 576 g/mol. The highest BCUT2D eigenvalue weighted by atomic mass is 31.2.